The normalized spacial score (nSPS) is 15.1. The first kappa shape index (κ1) is 15.2. The molecule has 0 saturated carbocycles. The summed E-state index contributed by atoms with van der Waals surface area (Å²) in [6.07, 6.45) is 1.68. The van der Waals surface area contributed by atoms with Crippen molar-refractivity contribution < 1.29 is 4.74 Å². The minimum Gasteiger partial charge on any atom is -0.495 e. The summed E-state index contributed by atoms with van der Waals surface area (Å²) >= 11 is 1.74. The molecule has 1 aliphatic heterocycles. The van der Waals surface area contributed by atoms with Crippen LogP contribution in [0.3, 0.4) is 0 Å². The number of fused-ring (bicyclic) bond motifs is 1. The van der Waals surface area contributed by atoms with Crippen LogP contribution in [0.5, 0.6) is 5.75 Å². The minimum absolute atomic E-state index is 0.934. The van der Waals surface area contributed by atoms with E-state index in [1.807, 2.05) is 12.1 Å². The number of para-hydroxylation sites is 2. The van der Waals surface area contributed by atoms with Crippen LogP contribution in [0.25, 0.3) is 10.2 Å². The summed E-state index contributed by atoms with van der Waals surface area (Å²) in [4.78, 5) is 13.7. The van der Waals surface area contributed by atoms with E-state index in [2.05, 4.69) is 44.2 Å². The Morgan fingerprint density at radius 2 is 1.79 bits per heavy atom. The van der Waals surface area contributed by atoms with E-state index < -0.39 is 0 Å². The lowest BCUT2D eigenvalue weighted by Gasteiger charge is -2.37. The van der Waals surface area contributed by atoms with E-state index in [0.717, 1.165) is 43.3 Å². The largest absolute Gasteiger partial charge is 0.495 e. The molecule has 0 aliphatic carbocycles. The Bertz CT molecular complexity index is 855. The van der Waals surface area contributed by atoms with Crippen LogP contribution < -0.4 is 14.5 Å². The van der Waals surface area contributed by atoms with Gasteiger partial charge in [0.05, 0.1) is 23.0 Å². The molecule has 5 nitrogen and oxygen atoms in total. The average molecular weight is 340 g/mol. The van der Waals surface area contributed by atoms with E-state index in [9.17, 15) is 0 Å². The van der Waals surface area contributed by atoms with Crippen LogP contribution in [0.1, 0.15) is 5.56 Å². The van der Waals surface area contributed by atoms with E-state index in [4.69, 9.17) is 4.74 Å². The van der Waals surface area contributed by atoms with Crippen LogP contribution >= 0.6 is 11.3 Å². The first-order valence-electron chi connectivity index (χ1n) is 8.09. The molecular weight excluding hydrogens is 320 g/mol. The number of benzene rings is 1. The van der Waals surface area contributed by atoms with Crippen molar-refractivity contribution in [1.82, 2.24) is 9.97 Å². The summed E-state index contributed by atoms with van der Waals surface area (Å²) in [6.45, 7) is 5.91. The molecule has 6 heteroatoms. The molecule has 24 heavy (non-hydrogen) atoms. The van der Waals surface area contributed by atoms with Crippen molar-refractivity contribution in [2.45, 2.75) is 6.92 Å². The van der Waals surface area contributed by atoms with Gasteiger partial charge in [0.15, 0.2) is 0 Å². The van der Waals surface area contributed by atoms with Crippen molar-refractivity contribution in [3.63, 3.8) is 0 Å². The third-order valence-corrected chi connectivity index (χ3v) is 5.60. The second kappa shape index (κ2) is 6.28. The molecule has 0 radical (unpaired) electrons. The molecular formula is C18H20N4OS. The fraction of sp³-hybridized carbons (Fsp3) is 0.333. The predicted molar refractivity (Wildman–Crippen MR) is 99.6 cm³/mol. The maximum Gasteiger partial charge on any atom is 0.150 e. The smallest absolute Gasteiger partial charge is 0.150 e. The van der Waals surface area contributed by atoms with Gasteiger partial charge in [-0.2, -0.15) is 0 Å². The number of methoxy groups -OCH3 is 1. The number of thiophene rings is 1. The van der Waals surface area contributed by atoms with E-state index in [0.29, 0.717) is 0 Å². The van der Waals surface area contributed by atoms with Gasteiger partial charge >= 0.3 is 0 Å². The lowest BCUT2D eigenvalue weighted by molar-refractivity contribution is 0.413. The molecule has 0 N–H and O–H groups in total. The number of anilines is 2. The van der Waals surface area contributed by atoms with Crippen LogP contribution in [0.4, 0.5) is 11.5 Å². The Labute approximate surface area is 145 Å². The zero-order valence-electron chi connectivity index (χ0n) is 13.9. The third kappa shape index (κ3) is 2.57. The zero-order chi connectivity index (χ0) is 16.5. The van der Waals surface area contributed by atoms with Crippen LogP contribution in [-0.2, 0) is 0 Å². The van der Waals surface area contributed by atoms with Crippen molar-refractivity contribution >= 4 is 33.1 Å². The van der Waals surface area contributed by atoms with Crippen LogP contribution in [0.15, 0.2) is 36.0 Å². The van der Waals surface area contributed by atoms with Gasteiger partial charge in [-0.05, 0) is 30.0 Å². The van der Waals surface area contributed by atoms with Gasteiger partial charge in [-0.15, -0.1) is 11.3 Å². The van der Waals surface area contributed by atoms with E-state index in [1.165, 1.54) is 16.0 Å². The molecule has 3 heterocycles. The number of nitrogens with zero attached hydrogens (tertiary/aromatic N) is 4. The SMILES string of the molecule is COc1ccccc1N1CCN(c2ncnc3c(C)csc23)CC1. The van der Waals surface area contributed by atoms with Crippen LogP contribution in [0.2, 0.25) is 0 Å². The quantitative estimate of drug-likeness (QED) is 0.731. The highest BCUT2D eigenvalue weighted by atomic mass is 32.1. The lowest BCUT2D eigenvalue weighted by Crippen LogP contribution is -2.47. The maximum absolute atomic E-state index is 5.50. The molecule has 1 fully saturated rings. The highest BCUT2D eigenvalue weighted by Gasteiger charge is 2.22. The molecule has 0 spiro atoms. The summed E-state index contributed by atoms with van der Waals surface area (Å²) in [6, 6.07) is 8.21. The highest BCUT2D eigenvalue weighted by molar-refractivity contribution is 7.18. The van der Waals surface area contributed by atoms with Gasteiger partial charge in [0, 0.05) is 26.2 Å². The molecule has 1 aliphatic rings. The van der Waals surface area contributed by atoms with Gasteiger partial charge < -0.3 is 14.5 Å². The average Bonchev–Trinajstić information content (AvgIpc) is 3.03. The summed E-state index contributed by atoms with van der Waals surface area (Å²) in [5.41, 5.74) is 3.47. The Morgan fingerprint density at radius 1 is 1.04 bits per heavy atom. The minimum atomic E-state index is 0.934. The van der Waals surface area contributed by atoms with Gasteiger partial charge in [-0.1, -0.05) is 12.1 Å². The molecule has 0 unspecified atom stereocenters. The predicted octanol–water partition coefficient (Wildman–Crippen LogP) is 3.33. The summed E-state index contributed by atoms with van der Waals surface area (Å²) in [7, 11) is 1.73. The van der Waals surface area contributed by atoms with Crippen molar-refractivity contribution in [1.29, 1.82) is 0 Å². The van der Waals surface area contributed by atoms with Crippen molar-refractivity contribution in [3.8, 4) is 5.75 Å². The first-order valence-corrected chi connectivity index (χ1v) is 8.97. The molecule has 1 aromatic carbocycles. The first-order chi connectivity index (χ1) is 11.8. The number of aryl methyl sites for hydroxylation is 1. The topological polar surface area (TPSA) is 41.5 Å². The van der Waals surface area contributed by atoms with Crippen molar-refractivity contribution in [3.05, 3.63) is 41.5 Å². The van der Waals surface area contributed by atoms with Gasteiger partial charge in [0.2, 0.25) is 0 Å². The maximum atomic E-state index is 5.50. The number of piperazine rings is 1. The van der Waals surface area contributed by atoms with Crippen molar-refractivity contribution in [2.24, 2.45) is 0 Å². The monoisotopic (exact) mass is 340 g/mol. The van der Waals surface area contributed by atoms with E-state index >= 15 is 0 Å². The number of hydrogen-bond acceptors (Lipinski definition) is 6. The van der Waals surface area contributed by atoms with E-state index in [1.54, 1.807) is 24.8 Å². The standard InChI is InChI=1S/C18H20N4OS/c1-13-11-24-17-16(13)19-12-20-18(17)22-9-7-21(8-10-22)14-5-3-4-6-15(14)23-2/h3-6,11-12H,7-10H2,1-2H3. The molecule has 1 saturated heterocycles. The Balaban J connectivity index is 1.55. The number of rotatable bonds is 3. The molecule has 4 rings (SSSR count). The fourth-order valence-electron chi connectivity index (χ4n) is 3.23. The van der Waals surface area contributed by atoms with Crippen molar-refractivity contribution in [2.75, 3.05) is 43.1 Å². The number of hydrogen-bond donors (Lipinski definition) is 0. The summed E-state index contributed by atoms with van der Waals surface area (Å²) in [5.74, 6) is 2.00. The molecule has 124 valence electrons. The second-order valence-electron chi connectivity index (χ2n) is 5.94. The fourth-order valence-corrected chi connectivity index (χ4v) is 4.25. The molecule has 0 atom stereocenters. The van der Waals surface area contributed by atoms with Gasteiger partial charge in [0.1, 0.15) is 17.9 Å². The Kier molecular flexibility index (Phi) is 3.98. The molecule has 2 aromatic heterocycles. The zero-order valence-corrected chi connectivity index (χ0v) is 14.7. The van der Waals surface area contributed by atoms with Crippen LogP contribution in [-0.4, -0.2) is 43.3 Å². The molecule has 3 aromatic rings. The van der Waals surface area contributed by atoms with Gasteiger partial charge in [-0.25, -0.2) is 9.97 Å². The van der Waals surface area contributed by atoms with E-state index in [-0.39, 0.29) is 0 Å². The van der Waals surface area contributed by atoms with Gasteiger partial charge in [-0.3, -0.25) is 0 Å². The lowest BCUT2D eigenvalue weighted by atomic mass is 10.2. The Hall–Kier alpha value is -2.34. The molecule has 0 amide bonds. The summed E-state index contributed by atoms with van der Waals surface area (Å²) in [5, 5.41) is 2.16. The second-order valence-corrected chi connectivity index (χ2v) is 6.82. The Morgan fingerprint density at radius 3 is 2.58 bits per heavy atom. The van der Waals surface area contributed by atoms with Crippen LogP contribution in [0, 0.1) is 6.92 Å². The number of aromatic nitrogens is 2. The summed E-state index contributed by atoms with van der Waals surface area (Å²) < 4.78 is 6.69. The van der Waals surface area contributed by atoms with Gasteiger partial charge in [0.25, 0.3) is 0 Å². The third-order valence-electron chi connectivity index (χ3n) is 4.52. The number of ether oxygens (including phenoxy) is 1. The highest BCUT2D eigenvalue weighted by Crippen LogP contribution is 2.33. The molecule has 0 bridgehead atoms.